The number of aromatic amines is 1. The number of aryl methyl sites for hydroxylation is 1. The highest BCUT2D eigenvalue weighted by atomic mass is 19.1. The first-order valence-electron chi connectivity index (χ1n) is 9.32. The molecule has 9 heteroatoms. The maximum absolute atomic E-state index is 13.1. The van der Waals surface area contributed by atoms with Gasteiger partial charge in [0.1, 0.15) is 5.82 Å². The molecule has 2 aromatic heterocycles. The number of hydrogen-bond donors (Lipinski definition) is 3. The molecule has 0 aliphatic heterocycles. The van der Waals surface area contributed by atoms with E-state index in [1.54, 1.807) is 12.1 Å². The lowest BCUT2D eigenvalue weighted by Crippen LogP contribution is -2.23. The average Bonchev–Trinajstić information content (AvgIpc) is 3.21. The normalized spacial score (nSPS) is 10.5. The van der Waals surface area contributed by atoms with Gasteiger partial charge >= 0.3 is 0 Å². The van der Waals surface area contributed by atoms with E-state index < -0.39 is 17.6 Å². The molecular weight excluding hydrogens is 399 g/mol. The number of carbonyl (C=O) groups is 2. The zero-order valence-corrected chi connectivity index (χ0v) is 16.4. The van der Waals surface area contributed by atoms with Crippen LogP contribution < -0.4 is 10.6 Å². The number of nitrogens with one attached hydrogen (secondary N) is 3. The van der Waals surface area contributed by atoms with Crippen molar-refractivity contribution in [2.45, 2.75) is 6.92 Å². The van der Waals surface area contributed by atoms with Crippen molar-refractivity contribution in [3.05, 3.63) is 89.9 Å². The highest BCUT2D eigenvalue weighted by Gasteiger charge is 2.21. The molecule has 0 unspecified atom stereocenters. The number of H-pyrrole nitrogens is 1. The average molecular weight is 416 g/mol. The summed E-state index contributed by atoms with van der Waals surface area (Å²) in [6.45, 7) is 1.88. The molecule has 0 bridgehead atoms. The molecule has 2 amide bonds. The Morgan fingerprint density at radius 3 is 2.19 bits per heavy atom. The molecular formula is C22H17FN6O2. The number of nitrogens with zero attached hydrogens (tertiary/aromatic N) is 3. The summed E-state index contributed by atoms with van der Waals surface area (Å²) in [7, 11) is 0. The van der Waals surface area contributed by atoms with Crippen molar-refractivity contribution < 1.29 is 14.0 Å². The summed E-state index contributed by atoms with van der Waals surface area (Å²) in [4.78, 5) is 33.7. The van der Waals surface area contributed by atoms with Crippen LogP contribution in [0.5, 0.6) is 0 Å². The second-order valence-corrected chi connectivity index (χ2v) is 6.65. The number of hydrogen-bond acceptors (Lipinski definition) is 5. The van der Waals surface area contributed by atoms with Gasteiger partial charge in [0.25, 0.3) is 11.8 Å². The molecule has 0 fully saturated rings. The van der Waals surface area contributed by atoms with Gasteiger partial charge in [0.05, 0.1) is 11.4 Å². The Hall–Kier alpha value is -4.40. The molecule has 2 heterocycles. The van der Waals surface area contributed by atoms with Crippen molar-refractivity contribution in [3.8, 4) is 11.3 Å². The summed E-state index contributed by atoms with van der Waals surface area (Å²) in [6, 6.07) is 14.3. The van der Waals surface area contributed by atoms with Gasteiger partial charge in [-0.15, -0.1) is 0 Å². The first-order valence-corrected chi connectivity index (χ1v) is 9.32. The third-order valence-corrected chi connectivity index (χ3v) is 4.39. The van der Waals surface area contributed by atoms with Gasteiger partial charge < -0.3 is 10.6 Å². The van der Waals surface area contributed by atoms with E-state index in [2.05, 4.69) is 30.8 Å². The summed E-state index contributed by atoms with van der Waals surface area (Å²) < 4.78 is 13.1. The molecule has 4 aromatic rings. The van der Waals surface area contributed by atoms with Crippen molar-refractivity contribution in [1.29, 1.82) is 0 Å². The van der Waals surface area contributed by atoms with E-state index in [0.29, 0.717) is 22.6 Å². The van der Waals surface area contributed by atoms with Crippen LogP contribution in [-0.2, 0) is 0 Å². The molecule has 0 saturated heterocycles. The number of aromatic nitrogens is 4. The Labute approximate surface area is 176 Å². The maximum atomic E-state index is 13.1. The zero-order valence-electron chi connectivity index (χ0n) is 16.4. The maximum Gasteiger partial charge on any atom is 0.276 e. The van der Waals surface area contributed by atoms with Gasteiger partial charge in [-0.1, -0.05) is 18.2 Å². The van der Waals surface area contributed by atoms with Gasteiger partial charge in [-0.05, 0) is 43.3 Å². The van der Waals surface area contributed by atoms with Crippen molar-refractivity contribution in [1.82, 2.24) is 20.2 Å². The monoisotopic (exact) mass is 416 g/mol. The number of carbonyl (C=O) groups excluding carboxylic acids is 2. The molecule has 0 aliphatic rings. The topological polar surface area (TPSA) is 113 Å². The number of amides is 2. The van der Waals surface area contributed by atoms with Gasteiger partial charge in [-0.3, -0.25) is 14.7 Å². The van der Waals surface area contributed by atoms with Crippen LogP contribution >= 0.6 is 0 Å². The van der Waals surface area contributed by atoms with Crippen LogP contribution in [-0.4, -0.2) is 32.0 Å². The molecule has 154 valence electrons. The number of halogens is 1. The Bertz CT molecular complexity index is 1250. The lowest BCUT2D eigenvalue weighted by molar-refractivity contribution is 0.0983. The Morgan fingerprint density at radius 1 is 0.903 bits per heavy atom. The molecule has 0 radical (unpaired) electrons. The standard InChI is InChI=1S/C22H17FN6O2/c1-13-12-18(29-28-13)16-4-2-3-5-17(16)27-22(31)20-19(24-10-11-25-20)21(30)26-15-8-6-14(23)7-9-15/h2-12H,1H3,(H,26,30)(H,27,31)(H,28,29). The third kappa shape index (κ3) is 4.45. The van der Waals surface area contributed by atoms with Crippen molar-refractivity contribution in [2.24, 2.45) is 0 Å². The van der Waals surface area contributed by atoms with E-state index >= 15 is 0 Å². The SMILES string of the molecule is Cc1cc(-c2ccccc2NC(=O)c2nccnc2C(=O)Nc2ccc(F)cc2)n[nH]1. The minimum Gasteiger partial charge on any atom is -0.321 e. The second kappa shape index (κ2) is 8.54. The van der Waals surface area contributed by atoms with E-state index in [-0.39, 0.29) is 11.4 Å². The third-order valence-electron chi connectivity index (χ3n) is 4.39. The zero-order chi connectivity index (χ0) is 21.8. The van der Waals surface area contributed by atoms with E-state index in [1.165, 1.54) is 36.7 Å². The van der Waals surface area contributed by atoms with Crippen LogP contribution in [0.3, 0.4) is 0 Å². The predicted octanol–water partition coefficient (Wildman–Crippen LogP) is 3.82. The Kier molecular flexibility index (Phi) is 5.48. The molecule has 2 aromatic carbocycles. The Morgan fingerprint density at radius 2 is 1.55 bits per heavy atom. The minimum absolute atomic E-state index is 0.143. The first-order chi connectivity index (χ1) is 15.0. The van der Waals surface area contributed by atoms with Gasteiger partial charge in [0.15, 0.2) is 11.4 Å². The number of rotatable bonds is 5. The Balaban J connectivity index is 1.59. The van der Waals surface area contributed by atoms with Gasteiger partial charge in [0, 0.05) is 29.3 Å². The lowest BCUT2D eigenvalue weighted by Gasteiger charge is -2.11. The molecule has 4 rings (SSSR count). The molecule has 0 spiro atoms. The summed E-state index contributed by atoms with van der Waals surface area (Å²) in [5.41, 5.74) is 2.83. The molecule has 0 aliphatic carbocycles. The van der Waals surface area contributed by atoms with E-state index in [4.69, 9.17) is 0 Å². The molecule has 3 N–H and O–H groups in total. The van der Waals surface area contributed by atoms with E-state index in [1.807, 2.05) is 25.1 Å². The van der Waals surface area contributed by atoms with Crippen molar-refractivity contribution >= 4 is 23.2 Å². The van der Waals surface area contributed by atoms with Crippen LogP contribution in [0.25, 0.3) is 11.3 Å². The van der Waals surface area contributed by atoms with Crippen LogP contribution in [0.2, 0.25) is 0 Å². The molecule has 0 atom stereocenters. The predicted molar refractivity (Wildman–Crippen MR) is 113 cm³/mol. The van der Waals surface area contributed by atoms with Gasteiger partial charge in [-0.25, -0.2) is 14.4 Å². The van der Waals surface area contributed by atoms with Crippen LogP contribution in [0.15, 0.2) is 67.0 Å². The van der Waals surface area contributed by atoms with Crippen molar-refractivity contribution in [2.75, 3.05) is 10.6 Å². The second-order valence-electron chi connectivity index (χ2n) is 6.65. The van der Waals surface area contributed by atoms with Gasteiger partial charge in [-0.2, -0.15) is 5.10 Å². The molecule has 31 heavy (non-hydrogen) atoms. The lowest BCUT2D eigenvalue weighted by atomic mass is 10.1. The van der Waals surface area contributed by atoms with Crippen LogP contribution in [0.1, 0.15) is 26.7 Å². The van der Waals surface area contributed by atoms with Crippen LogP contribution in [0, 0.1) is 12.7 Å². The fourth-order valence-corrected chi connectivity index (χ4v) is 2.95. The summed E-state index contributed by atoms with van der Waals surface area (Å²) >= 11 is 0. The quantitative estimate of drug-likeness (QED) is 0.458. The first kappa shape index (κ1) is 19.9. The fraction of sp³-hybridized carbons (Fsp3) is 0.0455. The highest BCUT2D eigenvalue weighted by Crippen LogP contribution is 2.27. The van der Waals surface area contributed by atoms with Crippen molar-refractivity contribution in [3.63, 3.8) is 0 Å². The van der Waals surface area contributed by atoms with Crippen LogP contribution in [0.4, 0.5) is 15.8 Å². The van der Waals surface area contributed by atoms with E-state index in [0.717, 1.165) is 5.69 Å². The van der Waals surface area contributed by atoms with E-state index in [9.17, 15) is 14.0 Å². The highest BCUT2D eigenvalue weighted by molar-refractivity contribution is 6.13. The summed E-state index contributed by atoms with van der Waals surface area (Å²) in [5.74, 6) is -1.67. The number of benzene rings is 2. The smallest absolute Gasteiger partial charge is 0.276 e. The fourth-order valence-electron chi connectivity index (χ4n) is 2.95. The summed E-state index contributed by atoms with van der Waals surface area (Å²) in [5, 5.41) is 12.5. The summed E-state index contributed by atoms with van der Waals surface area (Å²) in [6.07, 6.45) is 2.64. The number of anilines is 2. The largest absolute Gasteiger partial charge is 0.321 e. The molecule has 8 nitrogen and oxygen atoms in total. The van der Waals surface area contributed by atoms with Gasteiger partial charge in [0.2, 0.25) is 0 Å². The minimum atomic E-state index is -0.638. The molecule has 0 saturated carbocycles. The number of para-hydroxylation sites is 1.